The Labute approximate surface area is 171 Å². The predicted molar refractivity (Wildman–Crippen MR) is 112 cm³/mol. The van der Waals surface area contributed by atoms with E-state index in [4.69, 9.17) is 10.2 Å². The lowest BCUT2D eigenvalue weighted by Crippen LogP contribution is -2.40. The van der Waals surface area contributed by atoms with Crippen molar-refractivity contribution in [1.82, 2.24) is 15.6 Å². The molecule has 0 saturated carbocycles. The van der Waals surface area contributed by atoms with E-state index in [1.54, 1.807) is 0 Å². The summed E-state index contributed by atoms with van der Waals surface area (Å²) in [5.74, 6) is -0.528. The van der Waals surface area contributed by atoms with Crippen LogP contribution in [0.2, 0.25) is 0 Å². The number of aromatic nitrogens is 1. The molecule has 7 heteroatoms. The summed E-state index contributed by atoms with van der Waals surface area (Å²) in [6.45, 7) is 6.37. The van der Waals surface area contributed by atoms with Gasteiger partial charge >= 0.3 is 6.03 Å². The Morgan fingerprint density at radius 3 is 2.62 bits per heavy atom. The van der Waals surface area contributed by atoms with Crippen molar-refractivity contribution in [2.45, 2.75) is 51.5 Å². The summed E-state index contributed by atoms with van der Waals surface area (Å²) in [5, 5.41) is 5.46. The number of hydrogen-bond acceptors (Lipinski definition) is 4. The summed E-state index contributed by atoms with van der Waals surface area (Å²) >= 11 is 0. The van der Waals surface area contributed by atoms with Crippen LogP contribution >= 0.6 is 0 Å². The Balaban J connectivity index is 1.97. The molecule has 0 spiro atoms. The molecule has 29 heavy (non-hydrogen) atoms. The number of carbonyl (C=O) groups is 2. The smallest absolute Gasteiger partial charge is 0.315 e. The Hall–Kier alpha value is -3.09. The number of aryl methyl sites for hydroxylation is 2. The van der Waals surface area contributed by atoms with Crippen LogP contribution < -0.4 is 16.4 Å². The van der Waals surface area contributed by atoms with Crippen molar-refractivity contribution in [3.8, 4) is 0 Å². The summed E-state index contributed by atoms with van der Waals surface area (Å²) in [6, 6.07) is 8.71. The van der Waals surface area contributed by atoms with Crippen LogP contribution in [0.3, 0.4) is 0 Å². The normalized spacial score (nSPS) is 11.6. The molecular weight excluding hydrogens is 368 g/mol. The van der Waals surface area contributed by atoms with Gasteiger partial charge in [0.25, 0.3) is 0 Å². The lowest BCUT2D eigenvalue weighted by molar-refractivity contribution is -0.114. The van der Waals surface area contributed by atoms with Gasteiger partial charge in [-0.1, -0.05) is 63.1 Å². The Kier molecular flexibility index (Phi) is 8.95. The molecule has 7 nitrogen and oxygen atoms in total. The topological polar surface area (TPSA) is 110 Å². The maximum atomic E-state index is 12.2. The molecule has 0 radical (unpaired) electrons. The number of rotatable bonds is 12. The second-order valence-corrected chi connectivity index (χ2v) is 6.95. The highest BCUT2D eigenvalue weighted by molar-refractivity contribution is 5.93. The fraction of sp³-hybridized carbons (Fsp3) is 0.409. The van der Waals surface area contributed by atoms with Gasteiger partial charge < -0.3 is 20.8 Å². The summed E-state index contributed by atoms with van der Waals surface area (Å²) in [7, 11) is 0. The van der Waals surface area contributed by atoms with Gasteiger partial charge in [0.1, 0.15) is 12.3 Å². The molecule has 1 heterocycles. The Morgan fingerprint density at radius 2 is 1.93 bits per heavy atom. The van der Waals surface area contributed by atoms with E-state index >= 15 is 0 Å². The number of amides is 3. The fourth-order valence-electron chi connectivity index (χ4n) is 2.86. The minimum atomic E-state index is -0.909. The van der Waals surface area contributed by atoms with Crippen LogP contribution in [0.4, 0.5) is 4.79 Å². The number of nitrogens with zero attached hydrogens (tertiary/aromatic N) is 1. The number of urea groups is 1. The predicted octanol–water partition coefficient (Wildman–Crippen LogP) is 3.42. The van der Waals surface area contributed by atoms with E-state index < -0.39 is 18.0 Å². The van der Waals surface area contributed by atoms with Crippen LogP contribution in [-0.4, -0.2) is 23.5 Å². The monoisotopic (exact) mass is 398 g/mol. The van der Waals surface area contributed by atoms with Crippen LogP contribution in [0.5, 0.6) is 0 Å². The number of hydrogen-bond donors (Lipinski definition) is 3. The van der Waals surface area contributed by atoms with Crippen LogP contribution in [0, 0.1) is 0 Å². The molecule has 1 atom stereocenters. The number of nitrogens with two attached hydrogens (primary N) is 1. The van der Waals surface area contributed by atoms with Crippen molar-refractivity contribution in [3.05, 3.63) is 65.9 Å². The van der Waals surface area contributed by atoms with E-state index in [0.29, 0.717) is 13.0 Å². The zero-order chi connectivity index (χ0) is 21.1. The van der Waals surface area contributed by atoms with Crippen molar-refractivity contribution < 1.29 is 14.0 Å². The average Bonchev–Trinajstić information content (AvgIpc) is 3.19. The summed E-state index contributed by atoms with van der Waals surface area (Å²) < 4.78 is 5.52. The molecule has 0 aliphatic heterocycles. The van der Waals surface area contributed by atoms with Gasteiger partial charge in [-0.15, -0.1) is 0 Å². The third-order valence-electron chi connectivity index (χ3n) is 4.59. The van der Waals surface area contributed by atoms with Gasteiger partial charge in [0, 0.05) is 12.1 Å². The number of primary amides is 1. The molecule has 3 amide bonds. The van der Waals surface area contributed by atoms with E-state index in [0.717, 1.165) is 37.8 Å². The third-order valence-corrected chi connectivity index (χ3v) is 4.59. The van der Waals surface area contributed by atoms with Gasteiger partial charge in [0.2, 0.25) is 11.8 Å². The van der Waals surface area contributed by atoms with E-state index in [1.165, 1.54) is 11.8 Å². The molecule has 2 rings (SSSR count). The Bertz CT molecular complexity index is 801. The van der Waals surface area contributed by atoms with Gasteiger partial charge in [-0.2, -0.15) is 0 Å². The molecule has 0 fully saturated rings. The van der Waals surface area contributed by atoms with Gasteiger partial charge in [-0.25, -0.2) is 9.78 Å². The molecule has 2 aromatic rings. The Morgan fingerprint density at radius 1 is 1.17 bits per heavy atom. The molecule has 0 aliphatic rings. The molecule has 0 unspecified atom stereocenters. The minimum Gasteiger partial charge on any atom is -0.446 e. The molecule has 1 aromatic carbocycles. The average molecular weight is 399 g/mol. The summed E-state index contributed by atoms with van der Waals surface area (Å²) in [5.41, 5.74) is 7.30. The number of unbranched alkanes of at least 4 members (excludes halogenated alkanes) is 3. The first-order valence-electron chi connectivity index (χ1n) is 10.0. The molecule has 156 valence electrons. The van der Waals surface area contributed by atoms with Gasteiger partial charge in [-0.3, -0.25) is 4.79 Å². The van der Waals surface area contributed by atoms with Crippen molar-refractivity contribution in [1.29, 1.82) is 0 Å². The lowest BCUT2D eigenvalue weighted by Gasteiger charge is -2.16. The first-order chi connectivity index (χ1) is 14.0. The maximum absolute atomic E-state index is 12.2. The maximum Gasteiger partial charge on any atom is 0.315 e. The highest BCUT2D eigenvalue weighted by Gasteiger charge is 2.26. The lowest BCUT2D eigenvalue weighted by atomic mass is 10.1. The molecular formula is C22H30N4O3. The highest BCUT2D eigenvalue weighted by Crippen LogP contribution is 2.20. The summed E-state index contributed by atoms with van der Waals surface area (Å²) in [6.07, 6.45) is 7.22. The minimum absolute atomic E-state index is 0.0163. The van der Waals surface area contributed by atoms with Gasteiger partial charge in [0.15, 0.2) is 0 Å². The molecule has 0 bridgehead atoms. The number of oxazole rings is 1. The zero-order valence-electron chi connectivity index (χ0n) is 16.9. The molecule has 0 saturated heterocycles. The zero-order valence-corrected chi connectivity index (χ0v) is 16.9. The van der Waals surface area contributed by atoms with Gasteiger partial charge in [0.05, 0.1) is 5.69 Å². The second kappa shape index (κ2) is 11.7. The van der Waals surface area contributed by atoms with Crippen molar-refractivity contribution >= 4 is 11.9 Å². The van der Waals surface area contributed by atoms with E-state index in [-0.39, 0.29) is 11.5 Å². The van der Waals surface area contributed by atoms with Crippen molar-refractivity contribution in [2.75, 3.05) is 6.54 Å². The van der Waals surface area contributed by atoms with E-state index in [9.17, 15) is 9.59 Å². The van der Waals surface area contributed by atoms with E-state index in [1.807, 2.05) is 30.3 Å². The number of carbonyl (C=O) groups excluding carboxylic acids is 2. The van der Waals surface area contributed by atoms with Crippen LogP contribution in [0.25, 0.3) is 0 Å². The molecule has 1 aromatic heterocycles. The second-order valence-electron chi connectivity index (χ2n) is 6.95. The highest BCUT2D eigenvalue weighted by atomic mass is 16.3. The quantitative estimate of drug-likeness (QED) is 0.376. The fourth-order valence-corrected chi connectivity index (χ4v) is 2.86. The van der Waals surface area contributed by atoms with Gasteiger partial charge in [-0.05, 0) is 24.8 Å². The molecule has 0 aliphatic carbocycles. The number of nitrogens with one attached hydrogen (secondary N) is 2. The summed E-state index contributed by atoms with van der Waals surface area (Å²) in [4.78, 5) is 28.3. The molecule has 4 N–H and O–H groups in total. The first-order valence-corrected chi connectivity index (χ1v) is 10.0. The first kappa shape index (κ1) is 22.2. The van der Waals surface area contributed by atoms with Crippen molar-refractivity contribution in [2.24, 2.45) is 5.73 Å². The van der Waals surface area contributed by atoms with Crippen LogP contribution in [0.1, 0.15) is 55.8 Å². The van der Waals surface area contributed by atoms with Crippen LogP contribution in [0.15, 0.2) is 53.2 Å². The SMILES string of the molecule is C=C(C(N)=O)[C@@H](NC(=O)NCCCCCC)c1nc(CCc2ccccc2)co1. The van der Waals surface area contributed by atoms with Crippen LogP contribution in [-0.2, 0) is 17.6 Å². The van der Waals surface area contributed by atoms with Crippen molar-refractivity contribution in [3.63, 3.8) is 0 Å². The standard InChI is InChI=1S/C22H30N4O3/c1-3-4-5-9-14-24-22(28)26-19(16(2)20(23)27)21-25-18(15-29-21)13-12-17-10-7-6-8-11-17/h6-8,10-11,15,19H,2-5,9,12-14H2,1H3,(H2,23,27)(H2,24,26,28)/t19-/m1/s1. The number of benzene rings is 1. The third kappa shape index (κ3) is 7.44. The largest absolute Gasteiger partial charge is 0.446 e. The van der Waals surface area contributed by atoms with E-state index in [2.05, 4.69) is 29.1 Å².